The topological polar surface area (TPSA) is 126 Å². The minimum absolute atomic E-state index is 0.195. The number of amidine groups is 1. The van der Waals surface area contributed by atoms with Crippen molar-refractivity contribution >= 4 is 24.2 Å². The molecule has 2 heterocycles. The summed E-state index contributed by atoms with van der Waals surface area (Å²) < 4.78 is 5.47. The number of carbonyl (C=O) groups is 2. The van der Waals surface area contributed by atoms with Crippen molar-refractivity contribution in [2.75, 3.05) is 26.7 Å². The number of aromatic nitrogens is 2. The summed E-state index contributed by atoms with van der Waals surface area (Å²) in [7, 11) is 2.04. The Kier molecular flexibility index (Phi) is 9.33. The van der Waals surface area contributed by atoms with E-state index in [0.717, 1.165) is 29.8 Å². The van der Waals surface area contributed by atoms with Gasteiger partial charge in [0.15, 0.2) is 0 Å². The molecule has 10 nitrogen and oxygen atoms in total. The fourth-order valence-corrected chi connectivity index (χ4v) is 3.09. The maximum atomic E-state index is 12.4. The number of nitrogens with one attached hydrogen (secondary N) is 1. The first-order valence-corrected chi connectivity index (χ1v) is 11.2. The molecule has 0 saturated heterocycles. The minimum atomic E-state index is -0.557. The van der Waals surface area contributed by atoms with Crippen LogP contribution in [0.3, 0.4) is 0 Å². The van der Waals surface area contributed by atoms with E-state index in [-0.39, 0.29) is 24.4 Å². The molecule has 0 unspecified atom stereocenters. The van der Waals surface area contributed by atoms with Crippen LogP contribution in [0.25, 0.3) is 0 Å². The van der Waals surface area contributed by atoms with Gasteiger partial charge in [-0.25, -0.2) is 14.8 Å². The molecule has 1 aliphatic heterocycles. The van der Waals surface area contributed by atoms with E-state index >= 15 is 0 Å². The van der Waals surface area contributed by atoms with E-state index in [9.17, 15) is 9.59 Å². The molecular formula is C23H37N7O3. The summed E-state index contributed by atoms with van der Waals surface area (Å²) >= 11 is 0. The summed E-state index contributed by atoms with van der Waals surface area (Å²) in [5.41, 5.74) is 8.10. The van der Waals surface area contributed by atoms with Crippen molar-refractivity contribution in [1.29, 1.82) is 0 Å². The number of carbonyl (C=O) groups excluding carboxylic acids is 2. The normalized spacial score (nSPS) is 15.0. The Morgan fingerprint density at radius 3 is 2.79 bits per heavy atom. The van der Waals surface area contributed by atoms with Crippen molar-refractivity contribution < 1.29 is 14.3 Å². The average Bonchev–Trinajstić information content (AvgIpc) is 2.73. The van der Waals surface area contributed by atoms with Gasteiger partial charge >= 0.3 is 6.09 Å². The first-order chi connectivity index (χ1) is 15.5. The summed E-state index contributed by atoms with van der Waals surface area (Å²) in [5.74, 6) is 0.456. The van der Waals surface area contributed by atoms with Gasteiger partial charge in [-0.1, -0.05) is 0 Å². The highest BCUT2D eigenvalue weighted by atomic mass is 16.6. The zero-order valence-corrected chi connectivity index (χ0v) is 20.6. The third kappa shape index (κ3) is 8.80. The van der Waals surface area contributed by atoms with Gasteiger partial charge in [-0.15, -0.1) is 0 Å². The van der Waals surface area contributed by atoms with Gasteiger partial charge in [0.25, 0.3) is 5.95 Å². The zero-order chi connectivity index (χ0) is 24.6. The zero-order valence-electron chi connectivity index (χ0n) is 20.6. The maximum Gasteiger partial charge on any atom is 0.410 e. The maximum absolute atomic E-state index is 12.4. The molecule has 1 aromatic rings. The van der Waals surface area contributed by atoms with E-state index in [1.54, 1.807) is 17.2 Å². The lowest BCUT2D eigenvalue weighted by atomic mass is 10.1. The van der Waals surface area contributed by atoms with Gasteiger partial charge < -0.3 is 30.4 Å². The van der Waals surface area contributed by atoms with E-state index in [1.165, 1.54) is 0 Å². The molecule has 0 aliphatic carbocycles. The number of nitrogens with two attached hydrogens (primary N) is 1. The van der Waals surface area contributed by atoms with Crippen LogP contribution in [0.15, 0.2) is 23.0 Å². The largest absolute Gasteiger partial charge is 0.444 e. The Hall–Kier alpha value is -3.01. The molecule has 182 valence electrons. The van der Waals surface area contributed by atoms with Crippen molar-refractivity contribution in [3.05, 3.63) is 29.2 Å². The smallest absolute Gasteiger partial charge is 0.410 e. The lowest BCUT2D eigenvalue weighted by Gasteiger charge is -2.30. The number of ether oxygens (including phenoxy) is 1. The number of rotatable bonds is 9. The van der Waals surface area contributed by atoms with Gasteiger partial charge in [0.1, 0.15) is 17.7 Å². The monoisotopic (exact) mass is 459 g/mol. The highest BCUT2D eigenvalue weighted by Gasteiger charge is 2.26. The van der Waals surface area contributed by atoms with Gasteiger partial charge in [-0.3, -0.25) is 0 Å². The molecule has 0 atom stereocenters. The predicted molar refractivity (Wildman–Crippen MR) is 128 cm³/mol. The Morgan fingerprint density at radius 1 is 1.42 bits per heavy atom. The molecule has 10 heteroatoms. The molecule has 0 spiro atoms. The highest BCUT2D eigenvalue weighted by molar-refractivity contribution is 5.93. The summed E-state index contributed by atoms with van der Waals surface area (Å²) in [5, 5.41) is 3.07. The summed E-state index contributed by atoms with van der Waals surface area (Å²) in [6.07, 6.45) is 5.21. The number of fused-ring (bicyclic) bond motifs is 1. The number of aliphatic imine (C=N–C) groups is 1. The number of aldehydes is 1. The Balaban J connectivity index is 2.14. The van der Waals surface area contributed by atoms with Gasteiger partial charge in [0.2, 0.25) is 0 Å². The van der Waals surface area contributed by atoms with Gasteiger partial charge in [-0.05, 0) is 66.1 Å². The minimum Gasteiger partial charge on any atom is -0.444 e. The molecule has 0 aromatic carbocycles. The third-order valence-electron chi connectivity index (χ3n) is 5.16. The fourth-order valence-electron chi connectivity index (χ4n) is 3.09. The SMILES string of the molecule is CC(C)N(C)CC/C(=C/C(N)=N\c1ncc2c(n1)CN(C(=O)OC(C)(C)C)CC2)NCC=O. The van der Waals surface area contributed by atoms with E-state index in [0.29, 0.717) is 32.0 Å². The fraction of sp³-hybridized carbons (Fsp3) is 0.609. The molecule has 0 bridgehead atoms. The first kappa shape index (κ1) is 26.2. The molecule has 33 heavy (non-hydrogen) atoms. The van der Waals surface area contributed by atoms with Gasteiger partial charge in [-0.2, -0.15) is 4.99 Å². The first-order valence-electron chi connectivity index (χ1n) is 11.2. The van der Waals surface area contributed by atoms with Crippen LogP contribution < -0.4 is 11.1 Å². The molecule has 0 radical (unpaired) electrons. The van der Waals surface area contributed by atoms with E-state index in [4.69, 9.17) is 10.5 Å². The van der Waals surface area contributed by atoms with Crippen molar-refractivity contribution in [3.63, 3.8) is 0 Å². The van der Waals surface area contributed by atoms with Crippen LogP contribution in [-0.2, 0) is 22.5 Å². The number of nitrogens with zero attached hydrogens (tertiary/aromatic N) is 5. The highest BCUT2D eigenvalue weighted by Crippen LogP contribution is 2.21. The lowest BCUT2D eigenvalue weighted by Crippen LogP contribution is -2.40. The van der Waals surface area contributed by atoms with E-state index in [2.05, 4.69) is 39.0 Å². The molecular weight excluding hydrogens is 422 g/mol. The number of hydrogen-bond donors (Lipinski definition) is 2. The molecule has 0 saturated carbocycles. The predicted octanol–water partition coefficient (Wildman–Crippen LogP) is 2.16. The number of amides is 1. The van der Waals surface area contributed by atoms with Crippen molar-refractivity contribution in [2.24, 2.45) is 10.7 Å². The Bertz CT molecular complexity index is 891. The molecule has 1 aromatic heterocycles. The van der Waals surface area contributed by atoms with E-state index in [1.807, 2.05) is 27.8 Å². The Labute approximate surface area is 196 Å². The molecule has 1 amide bonds. The summed E-state index contributed by atoms with van der Waals surface area (Å²) in [4.78, 5) is 40.2. The lowest BCUT2D eigenvalue weighted by molar-refractivity contribution is -0.107. The van der Waals surface area contributed by atoms with Crippen LogP contribution >= 0.6 is 0 Å². The van der Waals surface area contributed by atoms with Crippen LogP contribution in [0.2, 0.25) is 0 Å². The second kappa shape index (κ2) is 11.7. The number of hydrogen-bond acceptors (Lipinski definition) is 8. The quantitative estimate of drug-likeness (QED) is 0.327. The van der Waals surface area contributed by atoms with Crippen molar-refractivity contribution in [1.82, 2.24) is 25.1 Å². The standard InChI is InChI=1S/C23H37N7O3/c1-16(2)29(6)10-8-18(25-9-12-31)13-20(24)28-21-26-14-17-7-11-30(15-19(17)27-21)22(32)33-23(3,4)5/h12-14,16,25H,7-11,15H2,1-6H3,(H2,24,26,27,28)/b18-13-. The van der Waals surface area contributed by atoms with Crippen LogP contribution in [0.5, 0.6) is 0 Å². The van der Waals surface area contributed by atoms with Crippen molar-refractivity contribution in [2.45, 2.75) is 65.6 Å². The molecule has 0 fully saturated rings. The molecule has 2 rings (SSSR count). The Morgan fingerprint density at radius 2 is 2.15 bits per heavy atom. The molecule has 3 N–H and O–H groups in total. The average molecular weight is 460 g/mol. The van der Waals surface area contributed by atoms with Gasteiger partial charge in [0, 0.05) is 31.0 Å². The van der Waals surface area contributed by atoms with Crippen LogP contribution in [0, 0.1) is 0 Å². The van der Waals surface area contributed by atoms with E-state index < -0.39 is 5.60 Å². The second-order valence-electron chi connectivity index (χ2n) is 9.37. The summed E-state index contributed by atoms with van der Waals surface area (Å²) in [6.45, 7) is 11.6. The van der Waals surface area contributed by atoms with Crippen LogP contribution in [-0.4, -0.2) is 76.3 Å². The van der Waals surface area contributed by atoms with Crippen LogP contribution in [0.1, 0.15) is 52.3 Å². The molecule has 1 aliphatic rings. The van der Waals surface area contributed by atoms with Crippen molar-refractivity contribution in [3.8, 4) is 0 Å². The summed E-state index contributed by atoms with van der Waals surface area (Å²) in [6, 6.07) is 0.410. The third-order valence-corrected chi connectivity index (χ3v) is 5.16. The second-order valence-corrected chi connectivity index (χ2v) is 9.37. The van der Waals surface area contributed by atoms with Crippen LogP contribution in [0.4, 0.5) is 10.7 Å². The van der Waals surface area contributed by atoms with Gasteiger partial charge in [0.05, 0.1) is 18.8 Å².